The van der Waals surface area contributed by atoms with Crippen LogP contribution in [-0.2, 0) is 39.0 Å². The molecule has 12 aromatic carbocycles. The Morgan fingerprint density at radius 3 is 0.886 bits per heavy atom. The monoisotopic (exact) mass is 994 g/mol. The van der Waals surface area contributed by atoms with Crippen LogP contribution in [0.1, 0.15) is 50.7 Å². The molecule has 0 N–H and O–H groups in total. The molecule has 12 aromatic rings. The van der Waals surface area contributed by atoms with Crippen LogP contribution < -0.4 is 0 Å². The number of rotatable bonds is 10. The average Bonchev–Trinajstić information content (AvgIpc) is 4.04. The van der Waals surface area contributed by atoms with Crippen molar-refractivity contribution < 1.29 is 26.2 Å². The second kappa shape index (κ2) is 22.5. The van der Waals surface area contributed by atoms with E-state index < -0.39 is 0 Å². The van der Waals surface area contributed by atoms with Crippen molar-refractivity contribution in [3.05, 3.63) is 230 Å². The van der Waals surface area contributed by atoms with E-state index >= 15 is 0 Å². The quantitative estimate of drug-likeness (QED) is 0.0946. The van der Waals surface area contributed by atoms with E-state index in [9.17, 15) is 0 Å². The Morgan fingerprint density at radius 1 is 0.314 bits per heavy atom. The summed E-state index contributed by atoms with van der Waals surface area (Å²) in [4.78, 5) is 0. The minimum absolute atomic E-state index is 0. The van der Waals surface area contributed by atoms with E-state index in [2.05, 4.69) is 245 Å². The van der Waals surface area contributed by atoms with Crippen LogP contribution in [0, 0.1) is 0 Å². The second-order valence-electron chi connectivity index (χ2n) is 18.5. The summed E-state index contributed by atoms with van der Waals surface area (Å²) in [5, 5.41) is 15.9. The zero-order valence-corrected chi connectivity index (χ0v) is 44.5. The molecule has 0 spiro atoms. The Morgan fingerprint density at radius 2 is 0.571 bits per heavy atom. The van der Waals surface area contributed by atoms with E-state index in [1.165, 1.54) is 146 Å². The Kier molecular flexibility index (Phi) is 15.6. The van der Waals surface area contributed by atoms with Crippen LogP contribution in [0.25, 0.3) is 109 Å². The molecule has 0 atom stereocenters. The maximum absolute atomic E-state index is 2.44. The van der Waals surface area contributed by atoms with Gasteiger partial charge in [0.15, 0.2) is 0 Å². The molecule has 70 heavy (non-hydrogen) atoms. The van der Waals surface area contributed by atoms with Gasteiger partial charge in [0.2, 0.25) is 0 Å². The van der Waals surface area contributed by atoms with Gasteiger partial charge in [0.1, 0.15) is 0 Å². The molecule has 0 unspecified atom stereocenters. The number of hydrogen-bond acceptors (Lipinski definition) is 0. The zero-order chi connectivity index (χ0) is 47.1. The minimum atomic E-state index is 0. The van der Waals surface area contributed by atoms with E-state index in [1.807, 2.05) is 0 Å². The Labute approximate surface area is 436 Å². The molecule has 0 fully saturated rings. The predicted molar refractivity (Wildman–Crippen MR) is 306 cm³/mol. The van der Waals surface area contributed by atoms with Crippen molar-refractivity contribution in [2.45, 2.75) is 65.5 Å². The fraction of sp³-hybridized carbons (Fsp3) is 0.147. The van der Waals surface area contributed by atoms with Crippen LogP contribution in [0.4, 0.5) is 0 Å². The van der Waals surface area contributed by atoms with Gasteiger partial charge in [0.05, 0.1) is 0 Å². The summed E-state index contributed by atoms with van der Waals surface area (Å²) in [5.41, 5.74) is 13.5. The molecule has 0 aromatic heterocycles. The van der Waals surface area contributed by atoms with Gasteiger partial charge < -0.3 is 0 Å². The predicted octanol–water partition coefficient (Wildman–Crippen LogP) is 19.9. The Hall–Kier alpha value is -6.44. The third-order valence-corrected chi connectivity index (χ3v) is 13.9. The SMILES string of the molecule is CCCCc1cc2c(-c3cccc4ccccc34)ccc(-c3cccc4ccccc34)c2[cH-]1.CCCCc1cc2c(-c3cccc4ccccc34)ccc(-c3cccc4ccccc34)c2[cH-]1.C[Si]C.[Zr+2]. The molecule has 2 radical (unpaired) electrons. The fourth-order valence-electron chi connectivity index (χ4n) is 10.6. The van der Waals surface area contributed by atoms with E-state index in [1.54, 1.807) is 0 Å². The standard InChI is InChI=1S/2C33H27.C2H6Si.Zr/c2*1-2-3-10-23-21-32-30(28-17-8-13-24-11-4-6-15-26(24)28)19-20-31(33(32)22-23)29-18-9-14-25-12-5-7-16-27(25)29;1-3-2;/h2*4-9,11-22H,2-3,10H2,1H3;1-2H3;/q2*-1;;+2. The first-order valence-corrected chi connectivity index (χ1v) is 27.0. The molecule has 2 heteroatoms. The number of benzene rings is 10. The second-order valence-corrected chi connectivity index (χ2v) is 19.5. The molecule has 0 aliphatic rings. The zero-order valence-electron chi connectivity index (χ0n) is 41.0. The Bertz CT molecular complexity index is 3220. The molecule has 0 saturated heterocycles. The topological polar surface area (TPSA) is 0 Å². The third-order valence-electron chi connectivity index (χ3n) is 13.9. The summed E-state index contributed by atoms with van der Waals surface area (Å²) in [6.45, 7) is 8.84. The van der Waals surface area contributed by atoms with Crippen molar-refractivity contribution in [2.75, 3.05) is 0 Å². The van der Waals surface area contributed by atoms with Crippen molar-refractivity contribution in [1.82, 2.24) is 0 Å². The van der Waals surface area contributed by atoms with Crippen molar-refractivity contribution in [3.8, 4) is 44.5 Å². The van der Waals surface area contributed by atoms with Gasteiger partial charge in [0, 0.05) is 9.52 Å². The molecule has 0 saturated carbocycles. The largest absolute Gasteiger partial charge is 2.00 e. The first kappa shape index (κ1) is 48.6. The van der Waals surface area contributed by atoms with Crippen LogP contribution in [0.2, 0.25) is 13.1 Å². The van der Waals surface area contributed by atoms with Crippen LogP contribution in [0.15, 0.2) is 218 Å². The molecule has 340 valence electrons. The fourth-order valence-corrected chi connectivity index (χ4v) is 10.6. The van der Waals surface area contributed by atoms with Crippen LogP contribution in [0.3, 0.4) is 0 Å². The maximum Gasteiger partial charge on any atom is 2.00 e. The summed E-state index contributed by atoms with van der Waals surface area (Å²) in [5.74, 6) is 0. The summed E-state index contributed by atoms with van der Waals surface area (Å²) in [7, 11) is 1.08. The van der Waals surface area contributed by atoms with Crippen LogP contribution in [0.5, 0.6) is 0 Å². The van der Waals surface area contributed by atoms with Crippen molar-refractivity contribution in [2.24, 2.45) is 0 Å². The average molecular weight is 997 g/mol. The van der Waals surface area contributed by atoms with Crippen molar-refractivity contribution in [1.29, 1.82) is 0 Å². The van der Waals surface area contributed by atoms with Crippen LogP contribution >= 0.6 is 0 Å². The maximum atomic E-state index is 2.44. The van der Waals surface area contributed by atoms with Gasteiger partial charge in [-0.25, -0.2) is 0 Å². The molecule has 12 rings (SSSR count). The first-order chi connectivity index (χ1) is 34.1. The van der Waals surface area contributed by atoms with Crippen molar-refractivity contribution in [3.63, 3.8) is 0 Å². The molecular weight excluding hydrogens is 936 g/mol. The van der Waals surface area contributed by atoms with Gasteiger partial charge in [-0.3, -0.25) is 0 Å². The molecule has 0 aliphatic carbocycles. The van der Waals surface area contributed by atoms with Crippen molar-refractivity contribution >= 4 is 74.2 Å². The summed E-state index contributed by atoms with van der Waals surface area (Å²) < 4.78 is 0. The summed E-state index contributed by atoms with van der Waals surface area (Å²) in [6, 6.07) is 80.6. The van der Waals surface area contributed by atoms with Gasteiger partial charge in [-0.15, -0.1) is 44.8 Å². The number of aryl methyl sites for hydroxylation is 2. The summed E-state index contributed by atoms with van der Waals surface area (Å²) >= 11 is 0. The van der Waals surface area contributed by atoms with Gasteiger partial charge >= 0.3 is 26.2 Å². The van der Waals surface area contributed by atoms with Crippen LogP contribution in [-0.4, -0.2) is 9.52 Å². The smallest absolute Gasteiger partial charge is 0.164 e. The van der Waals surface area contributed by atoms with E-state index in [4.69, 9.17) is 0 Å². The van der Waals surface area contributed by atoms with E-state index in [-0.39, 0.29) is 26.2 Å². The molecule has 0 bridgehead atoms. The van der Waals surface area contributed by atoms with E-state index in [0.29, 0.717) is 0 Å². The molecular formula is C68H60SiZr. The van der Waals surface area contributed by atoms with Gasteiger partial charge in [0.25, 0.3) is 0 Å². The number of fused-ring (bicyclic) bond motifs is 6. The molecule has 0 nitrogen and oxygen atoms in total. The minimum Gasteiger partial charge on any atom is -0.164 e. The first-order valence-electron chi connectivity index (χ1n) is 25.0. The summed E-state index contributed by atoms with van der Waals surface area (Å²) in [6.07, 6.45) is 7.15. The Balaban J connectivity index is 0.000000163. The van der Waals surface area contributed by atoms with Gasteiger partial charge in [-0.1, -0.05) is 280 Å². The number of hydrogen-bond donors (Lipinski definition) is 0. The van der Waals surface area contributed by atoms with E-state index in [0.717, 1.165) is 22.4 Å². The van der Waals surface area contributed by atoms with Gasteiger partial charge in [-0.2, -0.15) is 12.1 Å². The molecule has 0 amide bonds. The third kappa shape index (κ3) is 9.83. The molecule has 0 heterocycles. The van der Waals surface area contributed by atoms with Gasteiger partial charge in [-0.05, 0) is 67.1 Å². The molecule has 0 aliphatic heterocycles. The normalized spacial score (nSPS) is 11.1. The number of unbranched alkanes of at least 4 members (excludes halogenated alkanes) is 2.